The van der Waals surface area contributed by atoms with E-state index in [-0.39, 0.29) is 5.91 Å². The van der Waals surface area contributed by atoms with Crippen LogP contribution in [0.25, 0.3) is 0 Å². The average molecular weight is 277 g/mol. The predicted molar refractivity (Wildman–Crippen MR) is 78.5 cm³/mol. The van der Waals surface area contributed by atoms with Crippen LogP contribution in [0.4, 0.5) is 5.82 Å². The maximum Gasteiger partial charge on any atom is 0.221 e. The van der Waals surface area contributed by atoms with E-state index in [0.717, 1.165) is 43.4 Å². The van der Waals surface area contributed by atoms with Crippen molar-refractivity contribution in [3.8, 4) is 0 Å². The fourth-order valence-electron chi connectivity index (χ4n) is 2.22. The third-order valence-electron chi connectivity index (χ3n) is 3.23. The Morgan fingerprint density at radius 3 is 3.05 bits per heavy atom. The molecule has 0 aromatic carbocycles. The lowest BCUT2D eigenvalue weighted by atomic mass is 10.3. The van der Waals surface area contributed by atoms with Crippen LogP contribution in [-0.2, 0) is 11.3 Å². The van der Waals surface area contributed by atoms with Crippen molar-refractivity contribution in [2.24, 2.45) is 0 Å². The number of nitrogens with zero attached hydrogens (tertiary/aromatic N) is 3. The molecule has 1 aliphatic rings. The SMILES string of the molecule is CCCNc1cc(C)nc(CN2CCNC(=O)CC2)n1. The third-order valence-corrected chi connectivity index (χ3v) is 3.23. The van der Waals surface area contributed by atoms with Crippen LogP contribution >= 0.6 is 0 Å². The lowest BCUT2D eigenvalue weighted by Gasteiger charge is -2.18. The van der Waals surface area contributed by atoms with Crippen LogP contribution in [0.5, 0.6) is 0 Å². The Kier molecular flexibility index (Phi) is 5.29. The Labute approximate surface area is 120 Å². The number of carbonyl (C=O) groups is 1. The van der Waals surface area contributed by atoms with Gasteiger partial charge >= 0.3 is 0 Å². The van der Waals surface area contributed by atoms with E-state index in [1.54, 1.807) is 0 Å². The Hall–Kier alpha value is -1.69. The minimum Gasteiger partial charge on any atom is -0.370 e. The second-order valence-electron chi connectivity index (χ2n) is 5.11. The minimum atomic E-state index is 0.128. The Morgan fingerprint density at radius 1 is 1.40 bits per heavy atom. The fraction of sp³-hybridized carbons (Fsp3) is 0.643. The first-order valence-electron chi connectivity index (χ1n) is 7.25. The van der Waals surface area contributed by atoms with Crippen LogP contribution in [0.15, 0.2) is 6.07 Å². The summed E-state index contributed by atoms with van der Waals surface area (Å²) in [7, 11) is 0. The number of nitrogens with one attached hydrogen (secondary N) is 2. The van der Waals surface area contributed by atoms with Gasteiger partial charge in [-0.2, -0.15) is 0 Å². The van der Waals surface area contributed by atoms with Gasteiger partial charge in [-0.15, -0.1) is 0 Å². The highest BCUT2D eigenvalue weighted by molar-refractivity contribution is 5.76. The van der Waals surface area contributed by atoms with Gasteiger partial charge in [0.1, 0.15) is 11.6 Å². The molecule has 0 spiro atoms. The van der Waals surface area contributed by atoms with Gasteiger partial charge in [-0.1, -0.05) is 6.92 Å². The summed E-state index contributed by atoms with van der Waals surface area (Å²) in [6, 6.07) is 1.96. The number of anilines is 1. The molecular weight excluding hydrogens is 254 g/mol. The largest absolute Gasteiger partial charge is 0.370 e. The number of aryl methyl sites for hydroxylation is 1. The third kappa shape index (κ3) is 4.45. The van der Waals surface area contributed by atoms with E-state index in [9.17, 15) is 4.79 Å². The molecule has 2 heterocycles. The van der Waals surface area contributed by atoms with Gasteiger partial charge in [0, 0.05) is 44.4 Å². The summed E-state index contributed by atoms with van der Waals surface area (Å²) in [5.74, 6) is 1.83. The molecule has 1 fully saturated rings. The molecule has 1 aliphatic heterocycles. The highest BCUT2D eigenvalue weighted by Crippen LogP contribution is 2.09. The van der Waals surface area contributed by atoms with Gasteiger partial charge in [0.2, 0.25) is 5.91 Å². The highest BCUT2D eigenvalue weighted by atomic mass is 16.1. The monoisotopic (exact) mass is 277 g/mol. The molecule has 20 heavy (non-hydrogen) atoms. The van der Waals surface area contributed by atoms with E-state index in [2.05, 4.69) is 32.4 Å². The van der Waals surface area contributed by atoms with E-state index >= 15 is 0 Å². The molecule has 1 aromatic heterocycles. The van der Waals surface area contributed by atoms with Crippen LogP contribution in [0.1, 0.15) is 31.3 Å². The maximum absolute atomic E-state index is 11.3. The lowest BCUT2D eigenvalue weighted by Crippen LogP contribution is -2.29. The van der Waals surface area contributed by atoms with Crippen LogP contribution in [-0.4, -0.2) is 47.0 Å². The second-order valence-corrected chi connectivity index (χ2v) is 5.11. The molecule has 2 rings (SSSR count). The molecule has 1 saturated heterocycles. The molecule has 0 bridgehead atoms. The molecule has 0 aliphatic carbocycles. The zero-order valence-corrected chi connectivity index (χ0v) is 12.3. The zero-order valence-electron chi connectivity index (χ0n) is 12.3. The first-order valence-corrected chi connectivity index (χ1v) is 7.25. The summed E-state index contributed by atoms with van der Waals surface area (Å²) in [5, 5.41) is 6.17. The topological polar surface area (TPSA) is 70.2 Å². The molecule has 6 nitrogen and oxygen atoms in total. The number of amides is 1. The average Bonchev–Trinajstić information content (AvgIpc) is 2.61. The maximum atomic E-state index is 11.3. The highest BCUT2D eigenvalue weighted by Gasteiger charge is 2.15. The number of rotatable bonds is 5. The van der Waals surface area contributed by atoms with Crippen molar-refractivity contribution in [3.05, 3.63) is 17.6 Å². The molecule has 6 heteroatoms. The molecule has 0 unspecified atom stereocenters. The first kappa shape index (κ1) is 14.7. The van der Waals surface area contributed by atoms with E-state index in [1.807, 2.05) is 13.0 Å². The predicted octanol–water partition coefficient (Wildman–Crippen LogP) is 0.929. The number of hydrogen-bond donors (Lipinski definition) is 2. The van der Waals surface area contributed by atoms with Crippen molar-refractivity contribution in [2.75, 3.05) is 31.5 Å². The molecule has 0 atom stereocenters. The summed E-state index contributed by atoms with van der Waals surface area (Å²) in [6.45, 7) is 8.03. The molecule has 2 N–H and O–H groups in total. The van der Waals surface area contributed by atoms with Crippen LogP contribution < -0.4 is 10.6 Å². The van der Waals surface area contributed by atoms with E-state index < -0.39 is 0 Å². The van der Waals surface area contributed by atoms with Gasteiger partial charge in [-0.05, 0) is 13.3 Å². The fourth-order valence-corrected chi connectivity index (χ4v) is 2.22. The Balaban J connectivity index is 2.00. The van der Waals surface area contributed by atoms with Crippen LogP contribution in [0.3, 0.4) is 0 Å². The summed E-state index contributed by atoms with van der Waals surface area (Å²) >= 11 is 0. The standard InChI is InChI=1S/C14H23N5O/c1-3-5-15-12-9-11(2)17-13(18-12)10-19-7-4-14(20)16-6-8-19/h9H,3-8,10H2,1-2H3,(H,16,20)(H,15,17,18). The van der Waals surface area contributed by atoms with Crippen LogP contribution in [0.2, 0.25) is 0 Å². The molecular formula is C14H23N5O. The van der Waals surface area contributed by atoms with Gasteiger partial charge < -0.3 is 10.6 Å². The zero-order chi connectivity index (χ0) is 14.4. The minimum absolute atomic E-state index is 0.128. The smallest absolute Gasteiger partial charge is 0.221 e. The van der Waals surface area contributed by atoms with Gasteiger partial charge in [-0.3, -0.25) is 9.69 Å². The van der Waals surface area contributed by atoms with Crippen molar-refractivity contribution in [1.82, 2.24) is 20.2 Å². The van der Waals surface area contributed by atoms with Crippen molar-refractivity contribution in [2.45, 2.75) is 33.2 Å². The summed E-state index contributed by atoms with van der Waals surface area (Å²) in [5.41, 5.74) is 0.970. The Morgan fingerprint density at radius 2 is 2.25 bits per heavy atom. The second kappa shape index (κ2) is 7.19. The van der Waals surface area contributed by atoms with Gasteiger partial charge in [0.25, 0.3) is 0 Å². The van der Waals surface area contributed by atoms with Crippen molar-refractivity contribution >= 4 is 11.7 Å². The van der Waals surface area contributed by atoms with Crippen LogP contribution in [0, 0.1) is 6.92 Å². The van der Waals surface area contributed by atoms with Gasteiger partial charge in [0.05, 0.1) is 6.54 Å². The Bertz CT molecular complexity index is 463. The van der Waals surface area contributed by atoms with E-state index in [0.29, 0.717) is 19.5 Å². The van der Waals surface area contributed by atoms with E-state index in [4.69, 9.17) is 0 Å². The molecule has 110 valence electrons. The van der Waals surface area contributed by atoms with Crippen molar-refractivity contribution in [1.29, 1.82) is 0 Å². The summed E-state index contributed by atoms with van der Waals surface area (Å²) < 4.78 is 0. The molecule has 1 aromatic rings. The molecule has 0 saturated carbocycles. The lowest BCUT2D eigenvalue weighted by molar-refractivity contribution is -0.120. The van der Waals surface area contributed by atoms with Crippen molar-refractivity contribution < 1.29 is 4.79 Å². The summed E-state index contributed by atoms with van der Waals surface area (Å²) in [6.07, 6.45) is 1.62. The summed E-state index contributed by atoms with van der Waals surface area (Å²) in [4.78, 5) is 22.6. The molecule has 1 amide bonds. The quantitative estimate of drug-likeness (QED) is 0.838. The number of aromatic nitrogens is 2. The number of hydrogen-bond acceptors (Lipinski definition) is 5. The normalized spacial score (nSPS) is 16.6. The van der Waals surface area contributed by atoms with Gasteiger partial charge in [0.15, 0.2) is 0 Å². The van der Waals surface area contributed by atoms with Gasteiger partial charge in [-0.25, -0.2) is 9.97 Å². The molecule has 0 radical (unpaired) electrons. The number of carbonyl (C=O) groups excluding carboxylic acids is 1. The first-order chi connectivity index (χ1) is 9.67. The van der Waals surface area contributed by atoms with E-state index in [1.165, 1.54) is 0 Å². The van der Waals surface area contributed by atoms with Crippen molar-refractivity contribution in [3.63, 3.8) is 0 Å².